The van der Waals surface area contributed by atoms with Crippen molar-refractivity contribution in [2.45, 2.75) is 63.2 Å². The summed E-state index contributed by atoms with van der Waals surface area (Å²) >= 11 is 6.34. The van der Waals surface area contributed by atoms with E-state index in [0.717, 1.165) is 10.4 Å². The number of methoxy groups -OCH3 is 1. The van der Waals surface area contributed by atoms with Gasteiger partial charge >= 0.3 is 5.97 Å². The first-order valence-corrected chi connectivity index (χ1v) is 16.7. The fraction of sp³-hybridized carbons (Fsp3) is 0.375. The molecule has 0 saturated carbocycles. The van der Waals surface area contributed by atoms with E-state index in [0.29, 0.717) is 17.6 Å². The minimum atomic E-state index is -2.99. The van der Waals surface area contributed by atoms with Crippen LogP contribution in [0.5, 0.6) is 0 Å². The highest BCUT2D eigenvalue weighted by Gasteiger charge is 2.60. The van der Waals surface area contributed by atoms with Crippen LogP contribution in [0.2, 0.25) is 10.2 Å². The lowest BCUT2D eigenvalue weighted by atomic mass is 9.92. The Morgan fingerprint density at radius 1 is 1.14 bits per heavy atom. The minimum Gasteiger partial charge on any atom is -0.455 e. The van der Waals surface area contributed by atoms with Gasteiger partial charge in [0, 0.05) is 14.0 Å². The zero-order valence-electron chi connectivity index (χ0n) is 25.6. The highest BCUT2D eigenvalue weighted by atomic mass is 35.5. The Bertz CT molecular complexity index is 1590. The molecule has 5 rings (SSSR count). The van der Waals surface area contributed by atoms with E-state index >= 15 is 0 Å². The number of halogens is 1. The first-order valence-electron chi connectivity index (χ1n) is 14.4. The van der Waals surface area contributed by atoms with Crippen LogP contribution in [0, 0.1) is 0 Å². The molecule has 4 atom stereocenters. The summed E-state index contributed by atoms with van der Waals surface area (Å²) in [4.78, 5) is 25.3. The molecule has 44 heavy (non-hydrogen) atoms. The summed E-state index contributed by atoms with van der Waals surface area (Å²) in [7, 11) is -1.42. The molecule has 2 N–H and O–H groups in total. The number of esters is 1. The van der Waals surface area contributed by atoms with Crippen molar-refractivity contribution in [1.82, 2.24) is 19.5 Å². The molecule has 1 fully saturated rings. The Labute approximate surface area is 263 Å². The van der Waals surface area contributed by atoms with E-state index in [9.17, 15) is 4.79 Å². The fourth-order valence-electron chi connectivity index (χ4n) is 6.36. The summed E-state index contributed by atoms with van der Waals surface area (Å²) in [5, 5.41) is 2.06. The topological polar surface area (TPSA) is 124 Å². The number of benzene rings is 2. The molecule has 1 aliphatic rings. The molecule has 2 aromatic carbocycles. The van der Waals surface area contributed by atoms with Crippen LogP contribution in [0.25, 0.3) is 11.2 Å². The molecular formula is C32H38ClN5O5Si. The van der Waals surface area contributed by atoms with Crippen LogP contribution in [-0.4, -0.2) is 65.3 Å². The summed E-state index contributed by atoms with van der Waals surface area (Å²) < 4.78 is 27.9. The number of hydrogen-bond donors (Lipinski definition) is 1. The minimum absolute atomic E-state index is 0.0260. The van der Waals surface area contributed by atoms with E-state index in [2.05, 4.69) is 66.6 Å². The van der Waals surface area contributed by atoms with Crippen molar-refractivity contribution < 1.29 is 23.4 Å². The van der Waals surface area contributed by atoms with Gasteiger partial charge in [0.1, 0.15) is 17.2 Å². The predicted molar refractivity (Wildman–Crippen MR) is 172 cm³/mol. The molecule has 0 bridgehead atoms. The molecule has 4 aromatic rings. The van der Waals surface area contributed by atoms with E-state index in [-0.39, 0.29) is 22.7 Å². The molecule has 232 valence electrons. The monoisotopic (exact) mass is 635 g/mol. The predicted octanol–water partition coefficient (Wildman–Crippen LogP) is 4.43. The standard InChI is InChI=1S/C32H38ClN5O5Si/c1-7-18-32(19-41-44(31(3,4)5,22-14-10-8-11-15-22)23-16-12-9-13-17-23)26(40-6)25(42-21(2)39)29(43-32)38-20-35-24-27(33)36-30(34)37-28(24)38/h7-17,20,25-26,29H,1,18-19H2,2-6H3,(H2,34,36,37)/t25-,26+,29-,32-/m1/s1. The summed E-state index contributed by atoms with van der Waals surface area (Å²) in [6.07, 6.45) is 1.07. The molecule has 0 unspecified atom stereocenters. The van der Waals surface area contributed by atoms with Gasteiger partial charge < -0.3 is 24.4 Å². The maximum Gasteiger partial charge on any atom is 0.303 e. The van der Waals surface area contributed by atoms with Gasteiger partial charge in [-0.15, -0.1) is 6.58 Å². The van der Waals surface area contributed by atoms with Crippen molar-refractivity contribution >= 4 is 53.4 Å². The van der Waals surface area contributed by atoms with E-state index in [1.165, 1.54) is 13.3 Å². The van der Waals surface area contributed by atoms with Crippen LogP contribution in [0.15, 0.2) is 79.6 Å². The second kappa shape index (κ2) is 12.4. The molecule has 1 aliphatic heterocycles. The normalized spacial score (nSPS) is 22.3. The van der Waals surface area contributed by atoms with Gasteiger partial charge in [-0.05, 0) is 21.8 Å². The third kappa shape index (κ3) is 5.54. The Morgan fingerprint density at radius 2 is 1.75 bits per heavy atom. The largest absolute Gasteiger partial charge is 0.455 e. The van der Waals surface area contributed by atoms with Crippen molar-refractivity contribution in [2.75, 3.05) is 19.5 Å². The summed E-state index contributed by atoms with van der Waals surface area (Å²) in [6.45, 7) is 12.1. The summed E-state index contributed by atoms with van der Waals surface area (Å²) in [5.74, 6) is -0.522. The average molecular weight is 636 g/mol. The number of nitrogens with zero attached hydrogens (tertiary/aromatic N) is 4. The van der Waals surface area contributed by atoms with Gasteiger partial charge in [0.05, 0.1) is 12.9 Å². The number of anilines is 1. The number of fused-ring (bicyclic) bond motifs is 1. The number of carbonyl (C=O) groups excluding carboxylic acids is 1. The molecule has 2 aromatic heterocycles. The lowest BCUT2D eigenvalue weighted by Crippen LogP contribution is -2.68. The van der Waals surface area contributed by atoms with Crippen molar-refractivity contribution in [1.29, 1.82) is 0 Å². The van der Waals surface area contributed by atoms with E-state index in [1.54, 1.807) is 17.8 Å². The second-order valence-electron chi connectivity index (χ2n) is 11.9. The van der Waals surface area contributed by atoms with Gasteiger partial charge in [-0.3, -0.25) is 9.36 Å². The van der Waals surface area contributed by atoms with Crippen molar-refractivity contribution in [3.63, 3.8) is 0 Å². The highest BCUT2D eigenvalue weighted by Crippen LogP contribution is 2.46. The maximum absolute atomic E-state index is 12.5. The quantitative estimate of drug-likeness (QED) is 0.117. The molecule has 0 spiro atoms. The molecular weight excluding hydrogens is 598 g/mol. The summed E-state index contributed by atoms with van der Waals surface area (Å²) in [6, 6.07) is 20.7. The highest BCUT2D eigenvalue weighted by molar-refractivity contribution is 6.99. The summed E-state index contributed by atoms with van der Waals surface area (Å²) in [5.41, 5.74) is 5.50. The van der Waals surface area contributed by atoms with Gasteiger partial charge in [0.2, 0.25) is 5.95 Å². The number of nitrogens with two attached hydrogens (primary N) is 1. The number of aromatic nitrogens is 4. The molecule has 1 saturated heterocycles. The molecule has 3 heterocycles. The van der Waals surface area contributed by atoms with Crippen molar-refractivity contribution in [2.24, 2.45) is 0 Å². The first kappa shape index (κ1) is 31.8. The lowest BCUT2D eigenvalue weighted by Gasteiger charge is -2.45. The SMILES string of the molecule is C=CC[C@]1(CO[Si](c2ccccc2)(c2ccccc2)C(C)(C)C)O[C@@H](n2cnc3c(Cl)nc(N)nc32)[C@H](OC(C)=O)[C@@H]1OC. The zero-order chi connectivity index (χ0) is 31.7. The van der Waals surface area contributed by atoms with Crippen LogP contribution in [0.3, 0.4) is 0 Å². The average Bonchev–Trinajstić information content (AvgIpc) is 3.52. The third-order valence-corrected chi connectivity index (χ3v) is 13.4. The van der Waals surface area contributed by atoms with Crippen LogP contribution in [0.4, 0.5) is 5.95 Å². The Hall–Kier alpha value is -3.61. The third-order valence-electron chi connectivity index (χ3n) is 8.12. The Balaban J connectivity index is 1.65. The van der Waals surface area contributed by atoms with Crippen molar-refractivity contribution in [3.8, 4) is 0 Å². The van der Waals surface area contributed by atoms with Crippen LogP contribution >= 0.6 is 11.6 Å². The number of ether oxygens (including phenoxy) is 3. The smallest absolute Gasteiger partial charge is 0.303 e. The van der Waals surface area contributed by atoms with Gasteiger partial charge in [-0.2, -0.15) is 9.97 Å². The van der Waals surface area contributed by atoms with Gasteiger partial charge in [-0.25, -0.2) is 4.98 Å². The zero-order valence-corrected chi connectivity index (χ0v) is 27.3. The van der Waals surface area contributed by atoms with Crippen LogP contribution in [-0.2, 0) is 23.4 Å². The van der Waals surface area contributed by atoms with Crippen LogP contribution < -0.4 is 16.1 Å². The Morgan fingerprint density at radius 3 is 2.27 bits per heavy atom. The molecule has 0 radical (unpaired) electrons. The van der Waals surface area contributed by atoms with Gasteiger partial charge in [0.25, 0.3) is 8.32 Å². The molecule has 0 aliphatic carbocycles. The van der Waals surface area contributed by atoms with E-state index in [1.807, 2.05) is 36.4 Å². The number of nitrogen functional groups attached to an aromatic ring is 1. The molecule has 12 heteroatoms. The number of imidazole rings is 1. The number of carbonyl (C=O) groups is 1. The lowest BCUT2D eigenvalue weighted by molar-refractivity contribution is -0.156. The van der Waals surface area contributed by atoms with Crippen LogP contribution in [0.1, 0.15) is 40.3 Å². The second-order valence-corrected chi connectivity index (χ2v) is 16.6. The first-order chi connectivity index (χ1) is 21.0. The van der Waals surface area contributed by atoms with Gasteiger partial charge in [-0.1, -0.05) is 99.1 Å². The molecule has 10 nitrogen and oxygen atoms in total. The number of rotatable bonds is 10. The van der Waals surface area contributed by atoms with E-state index in [4.69, 9.17) is 36.0 Å². The molecule has 0 amide bonds. The van der Waals surface area contributed by atoms with E-state index < -0.39 is 38.3 Å². The van der Waals surface area contributed by atoms with Crippen molar-refractivity contribution in [3.05, 3.63) is 84.8 Å². The maximum atomic E-state index is 12.5. The Kier molecular flexibility index (Phi) is 8.97. The van der Waals surface area contributed by atoms with Gasteiger partial charge in [0.15, 0.2) is 23.1 Å². The number of hydrogen-bond acceptors (Lipinski definition) is 9. The fourth-order valence-corrected chi connectivity index (χ4v) is 11.2.